The van der Waals surface area contributed by atoms with Crippen LogP contribution >= 0.6 is 22.9 Å². The van der Waals surface area contributed by atoms with Crippen LogP contribution in [-0.4, -0.2) is 28.0 Å². The summed E-state index contributed by atoms with van der Waals surface area (Å²) in [7, 11) is 1.58. The molecule has 3 aromatic rings. The van der Waals surface area contributed by atoms with Gasteiger partial charge in [-0.1, -0.05) is 17.7 Å². The van der Waals surface area contributed by atoms with E-state index >= 15 is 0 Å². The predicted molar refractivity (Wildman–Crippen MR) is 81.6 cm³/mol. The van der Waals surface area contributed by atoms with Gasteiger partial charge in [-0.05, 0) is 24.3 Å². The average Bonchev–Trinajstić information content (AvgIpc) is 3.00. The zero-order valence-corrected chi connectivity index (χ0v) is 12.6. The van der Waals surface area contributed by atoms with Crippen molar-refractivity contribution >= 4 is 39.1 Å². The monoisotopic (exact) mass is 322 g/mol. The fourth-order valence-electron chi connectivity index (χ4n) is 2.10. The van der Waals surface area contributed by atoms with E-state index in [4.69, 9.17) is 21.4 Å². The molecule has 1 aromatic carbocycles. The number of carbonyl (C=O) groups is 1. The first-order valence-electron chi connectivity index (χ1n) is 6.09. The Bertz CT molecular complexity index is 825. The van der Waals surface area contributed by atoms with E-state index in [-0.39, 0.29) is 4.88 Å². The third-order valence-corrected chi connectivity index (χ3v) is 4.31. The number of halogens is 1. The van der Waals surface area contributed by atoms with Gasteiger partial charge < -0.3 is 9.84 Å². The smallest absolute Gasteiger partial charge is 0.345 e. The van der Waals surface area contributed by atoms with Crippen molar-refractivity contribution < 1.29 is 14.6 Å². The second-order valence-electron chi connectivity index (χ2n) is 4.41. The minimum atomic E-state index is -0.947. The van der Waals surface area contributed by atoms with Crippen LogP contribution in [0.25, 0.3) is 15.9 Å². The number of aromatic carboxylic acids is 1. The van der Waals surface area contributed by atoms with Gasteiger partial charge in [0.1, 0.15) is 9.71 Å². The summed E-state index contributed by atoms with van der Waals surface area (Å²) in [6.45, 7) is 0.319. The van der Waals surface area contributed by atoms with E-state index in [2.05, 4.69) is 5.10 Å². The van der Waals surface area contributed by atoms with Gasteiger partial charge >= 0.3 is 5.97 Å². The molecule has 21 heavy (non-hydrogen) atoms. The minimum Gasteiger partial charge on any atom is -0.477 e. The zero-order valence-electron chi connectivity index (χ0n) is 11.0. The van der Waals surface area contributed by atoms with Crippen LogP contribution in [0.1, 0.15) is 15.4 Å². The molecule has 0 radical (unpaired) electrons. The molecule has 0 saturated carbocycles. The van der Waals surface area contributed by atoms with Crippen LogP contribution in [0, 0.1) is 0 Å². The maximum Gasteiger partial charge on any atom is 0.345 e. The molecule has 0 spiro atoms. The molecule has 0 unspecified atom stereocenters. The quantitative estimate of drug-likeness (QED) is 0.797. The number of ether oxygens (including phenoxy) is 1. The van der Waals surface area contributed by atoms with Gasteiger partial charge in [0.15, 0.2) is 0 Å². The number of aromatic nitrogens is 2. The van der Waals surface area contributed by atoms with Crippen LogP contribution in [0.2, 0.25) is 5.02 Å². The summed E-state index contributed by atoms with van der Waals surface area (Å²) in [5.41, 5.74) is 1.49. The Hall–Kier alpha value is -1.89. The average molecular weight is 323 g/mol. The van der Waals surface area contributed by atoms with E-state index in [9.17, 15) is 4.79 Å². The van der Waals surface area contributed by atoms with Crippen molar-refractivity contribution in [3.63, 3.8) is 0 Å². The molecule has 0 bridgehead atoms. The summed E-state index contributed by atoms with van der Waals surface area (Å²) < 4.78 is 6.84. The van der Waals surface area contributed by atoms with Crippen LogP contribution in [0.5, 0.6) is 0 Å². The molecule has 5 nitrogen and oxygen atoms in total. The third-order valence-electron chi connectivity index (χ3n) is 2.98. The number of hydrogen-bond donors (Lipinski definition) is 1. The number of rotatable bonds is 4. The molecule has 108 valence electrons. The molecule has 0 aliphatic rings. The van der Waals surface area contributed by atoms with Gasteiger partial charge in [0.25, 0.3) is 0 Å². The second kappa shape index (κ2) is 5.48. The summed E-state index contributed by atoms with van der Waals surface area (Å²) in [5.74, 6) is -0.947. The Morgan fingerprint density at radius 2 is 2.29 bits per heavy atom. The first kappa shape index (κ1) is 14.1. The van der Waals surface area contributed by atoms with Crippen LogP contribution in [-0.2, 0) is 11.3 Å². The first-order chi connectivity index (χ1) is 10.1. The topological polar surface area (TPSA) is 64.4 Å². The van der Waals surface area contributed by atoms with Gasteiger partial charge in [0, 0.05) is 17.5 Å². The van der Waals surface area contributed by atoms with Crippen molar-refractivity contribution in [3.05, 3.63) is 45.9 Å². The number of fused-ring (bicyclic) bond motifs is 1. The third kappa shape index (κ3) is 2.53. The lowest BCUT2D eigenvalue weighted by Gasteiger charge is -2.02. The van der Waals surface area contributed by atoms with E-state index in [1.165, 1.54) is 11.3 Å². The molecule has 0 aliphatic heterocycles. The van der Waals surface area contributed by atoms with E-state index in [0.717, 1.165) is 15.9 Å². The van der Waals surface area contributed by atoms with E-state index in [1.807, 2.05) is 12.1 Å². The standard InChI is InChI=1S/C14H11ClN2O3S/c1-20-7-11-10-6-12(14(18)19)21-13(10)17(16-11)9-4-2-3-8(15)5-9/h2-6H,7H2,1H3,(H,18,19). The summed E-state index contributed by atoms with van der Waals surface area (Å²) in [6.07, 6.45) is 0. The number of benzene rings is 1. The van der Waals surface area contributed by atoms with E-state index in [0.29, 0.717) is 17.3 Å². The highest BCUT2D eigenvalue weighted by Crippen LogP contribution is 2.31. The van der Waals surface area contributed by atoms with Crippen molar-refractivity contribution in [1.82, 2.24) is 9.78 Å². The molecule has 3 rings (SSSR count). The molecule has 0 saturated heterocycles. The number of carboxylic acid groups (broad SMARTS) is 1. The van der Waals surface area contributed by atoms with E-state index < -0.39 is 5.97 Å². The lowest BCUT2D eigenvalue weighted by Crippen LogP contribution is -1.98. The van der Waals surface area contributed by atoms with Crippen molar-refractivity contribution in [2.24, 2.45) is 0 Å². The molecule has 0 atom stereocenters. The molecule has 2 aromatic heterocycles. The molecule has 0 aliphatic carbocycles. The number of thiophene rings is 1. The van der Waals surface area contributed by atoms with Crippen molar-refractivity contribution in [2.45, 2.75) is 6.61 Å². The maximum absolute atomic E-state index is 11.2. The van der Waals surface area contributed by atoms with Crippen LogP contribution in [0.4, 0.5) is 0 Å². The highest BCUT2D eigenvalue weighted by molar-refractivity contribution is 7.20. The second-order valence-corrected chi connectivity index (χ2v) is 5.87. The largest absolute Gasteiger partial charge is 0.477 e. The number of nitrogens with zero attached hydrogens (tertiary/aromatic N) is 2. The lowest BCUT2D eigenvalue weighted by atomic mass is 10.3. The van der Waals surface area contributed by atoms with Crippen molar-refractivity contribution in [2.75, 3.05) is 7.11 Å². The molecule has 2 heterocycles. The summed E-state index contributed by atoms with van der Waals surface area (Å²) in [4.78, 5) is 12.2. The number of methoxy groups -OCH3 is 1. The summed E-state index contributed by atoms with van der Waals surface area (Å²) in [5, 5.41) is 15.0. The highest BCUT2D eigenvalue weighted by atomic mass is 35.5. The van der Waals surface area contributed by atoms with Crippen LogP contribution < -0.4 is 0 Å². The lowest BCUT2D eigenvalue weighted by molar-refractivity contribution is 0.0702. The SMILES string of the molecule is COCc1nn(-c2cccc(Cl)c2)c2sc(C(=O)O)cc12. The molecule has 0 fully saturated rings. The van der Waals surface area contributed by atoms with Gasteiger partial charge in [-0.2, -0.15) is 5.10 Å². The number of hydrogen-bond acceptors (Lipinski definition) is 4. The fraction of sp³-hybridized carbons (Fsp3) is 0.143. The molecule has 7 heteroatoms. The molecule has 1 N–H and O–H groups in total. The Labute approximate surface area is 129 Å². The van der Waals surface area contributed by atoms with Crippen molar-refractivity contribution in [1.29, 1.82) is 0 Å². The predicted octanol–water partition coefficient (Wildman–Crippen LogP) is 3.59. The Kier molecular flexibility index (Phi) is 3.67. The van der Waals surface area contributed by atoms with Gasteiger partial charge in [-0.3, -0.25) is 0 Å². The van der Waals surface area contributed by atoms with Gasteiger partial charge in [0.2, 0.25) is 0 Å². The fourth-order valence-corrected chi connectivity index (χ4v) is 3.27. The normalized spacial score (nSPS) is 11.1. The van der Waals surface area contributed by atoms with Crippen LogP contribution in [0.15, 0.2) is 30.3 Å². The molecule has 0 amide bonds. The zero-order chi connectivity index (χ0) is 15.0. The Morgan fingerprint density at radius 3 is 2.95 bits per heavy atom. The van der Waals surface area contributed by atoms with Gasteiger partial charge in [0.05, 0.1) is 18.0 Å². The Balaban J connectivity index is 2.24. The number of carboxylic acids is 1. The first-order valence-corrected chi connectivity index (χ1v) is 7.29. The maximum atomic E-state index is 11.2. The van der Waals surface area contributed by atoms with Gasteiger partial charge in [-0.25, -0.2) is 9.48 Å². The van der Waals surface area contributed by atoms with Gasteiger partial charge in [-0.15, -0.1) is 11.3 Å². The minimum absolute atomic E-state index is 0.274. The van der Waals surface area contributed by atoms with Crippen molar-refractivity contribution in [3.8, 4) is 5.69 Å². The molecular formula is C14H11ClN2O3S. The molecular weight excluding hydrogens is 312 g/mol. The Morgan fingerprint density at radius 1 is 1.48 bits per heavy atom. The van der Waals surface area contributed by atoms with E-state index in [1.54, 1.807) is 30.0 Å². The summed E-state index contributed by atoms with van der Waals surface area (Å²) in [6, 6.07) is 8.89. The van der Waals surface area contributed by atoms with Crippen LogP contribution in [0.3, 0.4) is 0 Å². The highest BCUT2D eigenvalue weighted by Gasteiger charge is 2.18. The summed E-state index contributed by atoms with van der Waals surface area (Å²) >= 11 is 7.19.